The molecule has 0 radical (unpaired) electrons. The second kappa shape index (κ2) is 8.53. The maximum atomic E-state index is 10.0. The zero-order chi connectivity index (χ0) is 11.6. The molecule has 1 amide bonds. The van der Waals surface area contributed by atoms with Crippen LogP contribution in [-0.4, -0.2) is 62.5 Å². The largest absolute Gasteiger partial charge is 0.359 e. The summed E-state index contributed by atoms with van der Waals surface area (Å²) in [6.45, 7) is 6.95. The average Bonchev–Trinajstić information content (AvgIpc) is 2.30. The van der Waals surface area contributed by atoms with Gasteiger partial charge in [-0.05, 0) is 26.4 Å². The second-order valence-electron chi connectivity index (χ2n) is 4.63. The molecular formula is C12H25N3O. The van der Waals surface area contributed by atoms with Crippen molar-refractivity contribution in [1.82, 2.24) is 15.1 Å². The topological polar surface area (TPSA) is 35.6 Å². The van der Waals surface area contributed by atoms with Crippen molar-refractivity contribution in [2.75, 3.05) is 46.3 Å². The third-order valence-corrected chi connectivity index (χ3v) is 3.22. The van der Waals surface area contributed by atoms with Gasteiger partial charge in [-0.15, -0.1) is 0 Å². The lowest BCUT2D eigenvalue weighted by Gasteiger charge is -2.32. The van der Waals surface area contributed by atoms with Gasteiger partial charge in [0.25, 0.3) is 0 Å². The van der Waals surface area contributed by atoms with Crippen LogP contribution in [0.4, 0.5) is 0 Å². The number of rotatable bonds is 8. The fraction of sp³-hybridized carbons (Fsp3) is 0.917. The molecule has 0 aromatic carbocycles. The van der Waals surface area contributed by atoms with Crippen LogP contribution < -0.4 is 5.32 Å². The second-order valence-corrected chi connectivity index (χ2v) is 4.63. The van der Waals surface area contributed by atoms with E-state index in [9.17, 15) is 4.79 Å². The van der Waals surface area contributed by atoms with Crippen molar-refractivity contribution in [3.05, 3.63) is 0 Å². The number of unbranched alkanes of at least 4 members (excludes halogenated alkanes) is 3. The van der Waals surface area contributed by atoms with Crippen LogP contribution in [0.3, 0.4) is 0 Å². The van der Waals surface area contributed by atoms with E-state index in [1.54, 1.807) is 0 Å². The minimum absolute atomic E-state index is 0.782. The molecule has 0 spiro atoms. The lowest BCUT2D eigenvalue weighted by atomic mass is 10.2. The van der Waals surface area contributed by atoms with E-state index >= 15 is 0 Å². The zero-order valence-corrected chi connectivity index (χ0v) is 10.5. The van der Waals surface area contributed by atoms with Gasteiger partial charge in [-0.3, -0.25) is 4.79 Å². The highest BCUT2D eigenvalue weighted by Crippen LogP contribution is 2.04. The molecule has 4 nitrogen and oxygen atoms in total. The van der Waals surface area contributed by atoms with E-state index in [1.807, 2.05) is 0 Å². The molecule has 0 unspecified atom stereocenters. The van der Waals surface area contributed by atoms with Gasteiger partial charge >= 0.3 is 0 Å². The Balaban J connectivity index is 1.85. The number of piperazine rings is 1. The van der Waals surface area contributed by atoms with Crippen molar-refractivity contribution in [3.63, 3.8) is 0 Å². The molecule has 1 saturated heterocycles. The van der Waals surface area contributed by atoms with Crippen molar-refractivity contribution >= 4 is 6.41 Å². The molecule has 1 N–H and O–H groups in total. The lowest BCUT2D eigenvalue weighted by molar-refractivity contribution is -0.109. The minimum atomic E-state index is 0.782. The van der Waals surface area contributed by atoms with Gasteiger partial charge in [0.15, 0.2) is 0 Å². The molecule has 94 valence electrons. The Kier molecular flexibility index (Phi) is 7.17. The smallest absolute Gasteiger partial charge is 0.207 e. The molecule has 0 saturated carbocycles. The molecule has 0 aromatic rings. The molecule has 1 heterocycles. The van der Waals surface area contributed by atoms with Gasteiger partial charge in [0.1, 0.15) is 0 Å². The van der Waals surface area contributed by atoms with E-state index in [0.717, 1.165) is 19.4 Å². The van der Waals surface area contributed by atoms with E-state index in [-0.39, 0.29) is 0 Å². The predicted molar refractivity (Wildman–Crippen MR) is 66.5 cm³/mol. The first kappa shape index (κ1) is 13.5. The Bertz CT molecular complexity index is 179. The highest BCUT2D eigenvalue weighted by Gasteiger charge is 2.12. The predicted octanol–water partition coefficient (Wildman–Crippen LogP) is 0.540. The summed E-state index contributed by atoms with van der Waals surface area (Å²) in [6.07, 6.45) is 5.71. The van der Waals surface area contributed by atoms with Gasteiger partial charge in [-0.25, -0.2) is 0 Å². The van der Waals surface area contributed by atoms with Gasteiger partial charge < -0.3 is 15.1 Å². The van der Waals surface area contributed by atoms with E-state index in [4.69, 9.17) is 0 Å². The summed E-state index contributed by atoms with van der Waals surface area (Å²) >= 11 is 0. The standard InChI is InChI=1S/C12H25N3O/c1-14-8-10-15(11-9-14)7-5-3-2-4-6-13-12-16/h12H,2-11H2,1H3,(H,13,16). The number of carbonyl (C=O) groups is 1. The molecule has 1 fully saturated rings. The number of likely N-dealkylation sites (N-methyl/N-ethyl adjacent to an activating group) is 1. The monoisotopic (exact) mass is 227 g/mol. The molecular weight excluding hydrogens is 202 g/mol. The Labute approximate surface area is 99.0 Å². The maximum absolute atomic E-state index is 10.0. The van der Waals surface area contributed by atoms with Gasteiger partial charge in [-0.1, -0.05) is 12.8 Å². The zero-order valence-electron chi connectivity index (χ0n) is 10.5. The molecule has 0 atom stereocenters. The molecule has 4 heteroatoms. The van der Waals surface area contributed by atoms with Crippen molar-refractivity contribution in [2.24, 2.45) is 0 Å². The first-order chi connectivity index (χ1) is 7.83. The molecule has 0 aromatic heterocycles. The molecule has 0 aliphatic carbocycles. The molecule has 0 bridgehead atoms. The summed E-state index contributed by atoms with van der Waals surface area (Å²) in [5.74, 6) is 0. The molecule has 1 aliphatic heterocycles. The van der Waals surface area contributed by atoms with Crippen LogP contribution in [-0.2, 0) is 4.79 Å². The quantitative estimate of drug-likeness (QED) is 0.485. The highest BCUT2D eigenvalue weighted by atomic mass is 16.1. The fourth-order valence-corrected chi connectivity index (χ4v) is 2.05. The number of hydrogen-bond donors (Lipinski definition) is 1. The fourth-order valence-electron chi connectivity index (χ4n) is 2.05. The number of hydrogen-bond acceptors (Lipinski definition) is 3. The van der Waals surface area contributed by atoms with Crippen LogP contribution in [0.25, 0.3) is 0 Å². The lowest BCUT2D eigenvalue weighted by Crippen LogP contribution is -2.44. The van der Waals surface area contributed by atoms with Crippen LogP contribution in [0.2, 0.25) is 0 Å². The van der Waals surface area contributed by atoms with Gasteiger partial charge in [-0.2, -0.15) is 0 Å². The van der Waals surface area contributed by atoms with Crippen molar-refractivity contribution < 1.29 is 4.79 Å². The average molecular weight is 227 g/mol. The van der Waals surface area contributed by atoms with Gasteiger partial charge in [0, 0.05) is 32.7 Å². The SMILES string of the molecule is CN1CCN(CCCCCCNC=O)CC1. The molecule has 16 heavy (non-hydrogen) atoms. The number of nitrogens with one attached hydrogen (secondary N) is 1. The van der Waals surface area contributed by atoms with E-state index in [0.29, 0.717) is 0 Å². The summed E-state index contributed by atoms with van der Waals surface area (Å²) in [6, 6.07) is 0. The number of carbonyl (C=O) groups excluding carboxylic acids is 1. The highest BCUT2D eigenvalue weighted by molar-refractivity contribution is 5.45. The summed E-state index contributed by atoms with van der Waals surface area (Å²) < 4.78 is 0. The first-order valence-electron chi connectivity index (χ1n) is 6.41. The third-order valence-electron chi connectivity index (χ3n) is 3.22. The third kappa shape index (κ3) is 6.08. The van der Waals surface area contributed by atoms with Gasteiger partial charge in [0.05, 0.1) is 0 Å². The van der Waals surface area contributed by atoms with Crippen LogP contribution in [0.15, 0.2) is 0 Å². The molecule has 1 rings (SSSR count). The minimum Gasteiger partial charge on any atom is -0.359 e. The Morgan fingerprint density at radius 2 is 1.75 bits per heavy atom. The maximum Gasteiger partial charge on any atom is 0.207 e. The Morgan fingerprint density at radius 1 is 1.06 bits per heavy atom. The van der Waals surface area contributed by atoms with Crippen LogP contribution >= 0.6 is 0 Å². The van der Waals surface area contributed by atoms with E-state index in [2.05, 4.69) is 22.2 Å². The van der Waals surface area contributed by atoms with Gasteiger partial charge in [0.2, 0.25) is 6.41 Å². The number of nitrogens with zero attached hydrogens (tertiary/aromatic N) is 2. The Hall–Kier alpha value is -0.610. The summed E-state index contributed by atoms with van der Waals surface area (Å²) in [5.41, 5.74) is 0. The van der Waals surface area contributed by atoms with Crippen LogP contribution in [0.5, 0.6) is 0 Å². The molecule has 1 aliphatic rings. The van der Waals surface area contributed by atoms with Crippen LogP contribution in [0.1, 0.15) is 25.7 Å². The first-order valence-corrected chi connectivity index (χ1v) is 6.41. The number of amides is 1. The summed E-state index contributed by atoms with van der Waals surface area (Å²) in [5, 5.41) is 2.70. The summed E-state index contributed by atoms with van der Waals surface area (Å²) in [7, 11) is 2.19. The summed E-state index contributed by atoms with van der Waals surface area (Å²) in [4.78, 5) is 15.0. The van der Waals surface area contributed by atoms with Crippen molar-refractivity contribution in [2.45, 2.75) is 25.7 Å². The normalized spacial score (nSPS) is 18.6. The van der Waals surface area contributed by atoms with Crippen molar-refractivity contribution in [3.8, 4) is 0 Å². The van der Waals surface area contributed by atoms with Crippen molar-refractivity contribution in [1.29, 1.82) is 0 Å². The Morgan fingerprint density at radius 3 is 2.44 bits per heavy atom. The van der Waals surface area contributed by atoms with E-state index < -0.39 is 0 Å². The van der Waals surface area contributed by atoms with Crippen LogP contribution in [0, 0.1) is 0 Å². The van der Waals surface area contributed by atoms with E-state index in [1.165, 1.54) is 52.0 Å².